The molecular weight excluding hydrogens is 527 g/mol. The van der Waals surface area contributed by atoms with Crippen LogP contribution in [0.1, 0.15) is 65.8 Å². The van der Waals surface area contributed by atoms with Crippen molar-refractivity contribution in [2.75, 3.05) is 50.8 Å². The van der Waals surface area contributed by atoms with Crippen molar-refractivity contribution in [2.45, 2.75) is 50.5 Å². The summed E-state index contributed by atoms with van der Waals surface area (Å²) in [5.41, 5.74) is 6.10. The molecule has 0 radical (unpaired) electrons. The molecule has 0 bridgehead atoms. The van der Waals surface area contributed by atoms with Crippen LogP contribution in [0.2, 0.25) is 0 Å². The van der Waals surface area contributed by atoms with Crippen LogP contribution in [0, 0.1) is 17.7 Å². The Morgan fingerprint density at radius 3 is 2.27 bits per heavy atom. The molecular formula is C31H39FN4O5. The van der Waals surface area contributed by atoms with E-state index >= 15 is 0 Å². The molecule has 220 valence electrons. The number of esters is 1. The molecule has 3 fully saturated rings. The lowest BCUT2D eigenvalue weighted by Crippen LogP contribution is -2.50. The zero-order chi connectivity index (χ0) is 28.8. The number of nitrogens with zero attached hydrogens (tertiary/aromatic N) is 3. The number of amides is 1. The minimum atomic E-state index is -1.31. The maximum absolute atomic E-state index is 13.2. The average Bonchev–Trinajstić information content (AvgIpc) is 3.01. The fourth-order valence-corrected chi connectivity index (χ4v) is 6.21. The lowest BCUT2D eigenvalue weighted by Gasteiger charge is -2.38. The minimum Gasteiger partial charge on any atom is -0.444 e. The summed E-state index contributed by atoms with van der Waals surface area (Å²) in [6.45, 7) is 5.48. The second-order valence-electron chi connectivity index (χ2n) is 11.5. The predicted octanol–water partition coefficient (Wildman–Crippen LogP) is 3.61. The molecule has 0 spiro atoms. The minimum absolute atomic E-state index is 0.0256. The molecule has 10 heteroatoms. The van der Waals surface area contributed by atoms with Crippen molar-refractivity contribution in [3.05, 3.63) is 59.7 Å². The average molecular weight is 567 g/mol. The lowest BCUT2D eigenvalue weighted by molar-refractivity contribution is -0.142. The number of nitrogens with two attached hydrogens (primary N) is 1. The topological polar surface area (TPSA) is 115 Å². The largest absolute Gasteiger partial charge is 0.444 e. The van der Waals surface area contributed by atoms with Crippen molar-refractivity contribution in [3.63, 3.8) is 0 Å². The third kappa shape index (κ3) is 7.11. The summed E-state index contributed by atoms with van der Waals surface area (Å²) in [7, 11) is 0. The van der Waals surface area contributed by atoms with Crippen molar-refractivity contribution < 1.29 is 28.2 Å². The van der Waals surface area contributed by atoms with Crippen LogP contribution >= 0.6 is 0 Å². The Hall–Kier alpha value is -3.37. The summed E-state index contributed by atoms with van der Waals surface area (Å²) in [6.07, 6.45) is 6.52. The fraction of sp³-hybridized carbons (Fsp3) is 0.548. The van der Waals surface area contributed by atoms with Crippen molar-refractivity contribution in [2.24, 2.45) is 17.6 Å². The van der Waals surface area contributed by atoms with Crippen molar-refractivity contribution in [1.29, 1.82) is 0 Å². The Morgan fingerprint density at radius 1 is 0.976 bits per heavy atom. The third-order valence-electron chi connectivity index (χ3n) is 8.92. The predicted molar refractivity (Wildman–Crippen MR) is 151 cm³/mol. The smallest absolute Gasteiger partial charge is 0.357 e. The fourth-order valence-electron chi connectivity index (χ4n) is 6.21. The normalized spacial score (nSPS) is 24.1. The molecule has 2 aliphatic heterocycles. The van der Waals surface area contributed by atoms with Gasteiger partial charge in [-0.1, -0.05) is 0 Å². The van der Waals surface area contributed by atoms with Gasteiger partial charge in [-0.15, -0.1) is 0 Å². The summed E-state index contributed by atoms with van der Waals surface area (Å²) in [5.74, 6) is -1.10. The number of rotatable bonds is 9. The number of ketones is 1. The lowest BCUT2D eigenvalue weighted by atomic mass is 9.77. The van der Waals surface area contributed by atoms with Crippen LogP contribution in [-0.2, 0) is 14.3 Å². The molecule has 0 unspecified atom stereocenters. The molecule has 1 aliphatic carbocycles. The summed E-state index contributed by atoms with van der Waals surface area (Å²) in [4.78, 5) is 47.0. The number of benzene rings is 1. The highest BCUT2D eigenvalue weighted by molar-refractivity contribution is 5.97. The second kappa shape index (κ2) is 13.1. The van der Waals surface area contributed by atoms with Gasteiger partial charge in [-0.2, -0.15) is 0 Å². The molecule has 3 heterocycles. The third-order valence-corrected chi connectivity index (χ3v) is 8.92. The number of hydrogen-bond donors (Lipinski definition) is 1. The van der Waals surface area contributed by atoms with Crippen LogP contribution < -0.4 is 10.6 Å². The number of piperidine rings is 1. The number of ether oxygens (including phenoxy) is 2. The van der Waals surface area contributed by atoms with Gasteiger partial charge < -0.3 is 25.0 Å². The number of carbonyl (C=O) groups excluding carboxylic acids is 3. The van der Waals surface area contributed by atoms with Gasteiger partial charge in [0.25, 0.3) is 5.91 Å². The Bertz CT molecular complexity index is 1200. The quantitative estimate of drug-likeness (QED) is 0.362. The van der Waals surface area contributed by atoms with E-state index in [0.29, 0.717) is 37.5 Å². The van der Waals surface area contributed by atoms with Crippen LogP contribution in [-0.4, -0.2) is 79.1 Å². The van der Waals surface area contributed by atoms with Gasteiger partial charge in [0.05, 0.1) is 25.1 Å². The van der Waals surface area contributed by atoms with Gasteiger partial charge in [-0.3, -0.25) is 9.59 Å². The molecule has 1 saturated carbocycles. The number of hydrogen-bond acceptors (Lipinski definition) is 8. The Balaban J connectivity index is 1.07. The van der Waals surface area contributed by atoms with E-state index in [1.165, 1.54) is 12.1 Å². The number of morpholine rings is 1. The first-order chi connectivity index (χ1) is 19.8. The summed E-state index contributed by atoms with van der Waals surface area (Å²) in [5, 5.41) is 0. The number of pyridine rings is 1. The highest BCUT2D eigenvalue weighted by atomic mass is 19.1. The van der Waals surface area contributed by atoms with Gasteiger partial charge >= 0.3 is 5.97 Å². The standard InChI is InChI=1S/C31H39FN4O5/c32-25-3-1-23(2-4-25)28(37)24-10-15-35(16-11-24)14-9-22-7-12-31(13-8-22,30(33)39)41-29(38)27-6-5-26(21-34-27)36-17-19-40-20-18-36/h1-6,21-22,24H,7-20H2,(H2,33,39). The van der Waals surface area contributed by atoms with Gasteiger partial charge in [-0.05, 0) is 107 Å². The zero-order valence-electron chi connectivity index (χ0n) is 23.4. The van der Waals surface area contributed by atoms with Gasteiger partial charge in [0.2, 0.25) is 0 Å². The van der Waals surface area contributed by atoms with Crippen LogP contribution in [0.25, 0.3) is 0 Å². The number of halogens is 1. The Morgan fingerprint density at radius 2 is 1.66 bits per heavy atom. The van der Waals surface area contributed by atoms with E-state index in [-0.39, 0.29) is 23.2 Å². The first-order valence-electron chi connectivity index (χ1n) is 14.7. The molecule has 1 amide bonds. The molecule has 2 N–H and O–H groups in total. The number of likely N-dealkylation sites (tertiary alicyclic amines) is 1. The van der Waals surface area contributed by atoms with Crippen LogP contribution in [0.3, 0.4) is 0 Å². The molecule has 2 saturated heterocycles. The van der Waals surface area contributed by atoms with Gasteiger partial charge in [0.1, 0.15) is 11.5 Å². The second-order valence-corrected chi connectivity index (χ2v) is 11.5. The van der Waals surface area contributed by atoms with E-state index < -0.39 is 17.5 Å². The van der Waals surface area contributed by atoms with Crippen molar-refractivity contribution >= 4 is 23.3 Å². The first-order valence-corrected chi connectivity index (χ1v) is 14.7. The van der Waals surface area contributed by atoms with Crippen LogP contribution in [0.5, 0.6) is 0 Å². The molecule has 3 aliphatic rings. The number of primary amides is 1. The van der Waals surface area contributed by atoms with Gasteiger partial charge in [0.15, 0.2) is 11.4 Å². The molecule has 9 nitrogen and oxygen atoms in total. The van der Waals surface area contributed by atoms with E-state index in [2.05, 4.69) is 14.8 Å². The number of Topliss-reactive ketones (excluding diaryl/α,β-unsaturated/α-hetero) is 1. The molecule has 1 aromatic carbocycles. The van der Waals surface area contributed by atoms with Gasteiger partial charge in [0, 0.05) is 24.6 Å². The Labute approximate surface area is 240 Å². The van der Waals surface area contributed by atoms with E-state index in [4.69, 9.17) is 15.2 Å². The maximum Gasteiger partial charge on any atom is 0.357 e. The summed E-state index contributed by atoms with van der Waals surface area (Å²) >= 11 is 0. The zero-order valence-corrected chi connectivity index (χ0v) is 23.4. The molecule has 0 atom stereocenters. The Kier molecular flexibility index (Phi) is 9.29. The SMILES string of the molecule is NC(=O)C1(OC(=O)c2ccc(N3CCOCC3)cn2)CCC(CCN2CCC(C(=O)c3ccc(F)cc3)CC2)CC1. The summed E-state index contributed by atoms with van der Waals surface area (Å²) < 4.78 is 24.3. The first kappa shape index (κ1) is 29.1. The van der Waals surface area contributed by atoms with E-state index in [9.17, 15) is 18.8 Å². The molecule has 5 rings (SSSR count). The maximum atomic E-state index is 13.2. The highest BCUT2D eigenvalue weighted by Gasteiger charge is 2.44. The van der Waals surface area contributed by atoms with Crippen molar-refractivity contribution in [1.82, 2.24) is 9.88 Å². The molecule has 2 aromatic rings. The highest BCUT2D eigenvalue weighted by Crippen LogP contribution is 2.37. The summed E-state index contributed by atoms with van der Waals surface area (Å²) in [6, 6.07) is 9.26. The molecule has 1 aromatic heterocycles. The molecule has 41 heavy (non-hydrogen) atoms. The number of carbonyl (C=O) groups is 3. The number of anilines is 1. The van der Waals surface area contributed by atoms with E-state index in [1.807, 2.05) is 6.07 Å². The van der Waals surface area contributed by atoms with Gasteiger partial charge in [-0.25, -0.2) is 14.2 Å². The monoisotopic (exact) mass is 566 g/mol. The van der Waals surface area contributed by atoms with Crippen LogP contribution in [0.4, 0.5) is 10.1 Å². The van der Waals surface area contributed by atoms with Crippen LogP contribution in [0.15, 0.2) is 42.6 Å². The van der Waals surface area contributed by atoms with Crippen molar-refractivity contribution in [3.8, 4) is 0 Å². The van der Waals surface area contributed by atoms with E-state index in [0.717, 1.165) is 70.5 Å². The number of aromatic nitrogens is 1. The van der Waals surface area contributed by atoms with E-state index in [1.54, 1.807) is 24.4 Å².